The molecule has 1 N–H and O–H groups in total. The topological polar surface area (TPSA) is 47.6 Å². The Bertz CT molecular complexity index is 393. The molecule has 0 fully saturated rings. The molecule has 0 amide bonds. The van der Waals surface area contributed by atoms with Crippen LogP contribution in [0.15, 0.2) is 0 Å². The first kappa shape index (κ1) is 30.1. The molecule has 0 aromatic heterocycles. The second-order valence-electron chi connectivity index (χ2n) is 9.00. The molecule has 0 saturated carbocycles. The lowest BCUT2D eigenvalue weighted by Gasteiger charge is -2.25. The fourth-order valence-corrected chi connectivity index (χ4v) is 5.96. The van der Waals surface area contributed by atoms with Gasteiger partial charge in [0.1, 0.15) is 0 Å². The van der Waals surface area contributed by atoms with Gasteiger partial charge >= 0.3 is 7.60 Å². The predicted octanol–water partition coefficient (Wildman–Crippen LogP) is 8.20. The molecule has 3 unspecified atom stereocenters. The summed E-state index contributed by atoms with van der Waals surface area (Å²) in [5.74, 6) is 1.33. The molecule has 0 saturated heterocycles. The third kappa shape index (κ3) is 15.0. The van der Waals surface area contributed by atoms with E-state index in [1.54, 1.807) is 0 Å². The summed E-state index contributed by atoms with van der Waals surface area (Å²) in [6.45, 7) is 12.3. The fourth-order valence-electron chi connectivity index (χ4n) is 4.00. The quantitative estimate of drug-likeness (QED) is 0.170. The third-order valence-electron chi connectivity index (χ3n) is 6.47. The molecule has 0 aliphatic heterocycles. The average molecular weight is 448 g/mol. The molecular formula is C25H54NO3P. The molecule has 0 aliphatic carbocycles. The Kier molecular flexibility index (Phi) is 19.8. The lowest BCUT2D eigenvalue weighted by atomic mass is 9.96. The molecule has 182 valence electrons. The van der Waals surface area contributed by atoms with E-state index in [0.29, 0.717) is 31.2 Å². The Balaban J connectivity index is 4.82. The molecule has 0 spiro atoms. The molecule has 0 aliphatic rings. The van der Waals surface area contributed by atoms with Gasteiger partial charge in [-0.2, -0.15) is 0 Å². The van der Waals surface area contributed by atoms with Crippen LogP contribution in [0.1, 0.15) is 118 Å². The van der Waals surface area contributed by atoms with Gasteiger partial charge in [-0.3, -0.25) is 4.57 Å². The Labute approximate surface area is 189 Å². The summed E-state index contributed by atoms with van der Waals surface area (Å²) in [7, 11) is -1.12. The molecule has 0 radical (unpaired) electrons. The van der Waals surface area contributed by atoms with Crippen molar-refractivity contribution in [2.24, 2.45) is 11.8 Å². The van der Waals surface area contributed by atoms with E-state index in [1.165, 1.54) is 51.4 Å². The van der Waals surface area contributed by atoms with Crippen LogP contribution >= 0.6 is 7.60 Å². The van der Waals surface area contributed by atoms with Crippen LogP contribution in [0.2, 0.25) is 0 Å². The van der Waals surface area contributed by atoms with Gasteiger partial charge in [-0.05, 0) is 38.1 Å². The van der Waals surface area contributed by atoms with Gasteiger partial charge in [0.25, 0.3) is 0 Å². The Morgan fingerprint density at radius 1 is 0.700 bits per heavy atom. The van der Waals surface area contributed by atoms with Crippen molar-refractivity contribution in [1.82, 2.24) is 5.32 Å². The van der Waals surface area contributed by atoms with E-state index in [4.69, 9.17) is 9.05 Å². The van der Waals surface area contributed by atoms with Crippen molar-refractivity contribution < 1.29 is 13.6 Å². The van der Waals surface area contributed by atoms with E-state index in [1.807, 2.05) is 7.05 Å². The van der Waals surface area contributed by atoms with Crippen LogP contribution in [0.5, 0.6) is 0 Å². The molecule has 3 atom stereocenters. The first-order chi connectivity index (χ1) is 14.5. The van der Waals surface area contributed by atoms with Crippen LogP contribution in [0.3, 0.4) is 0 Å². The smallest absolute Gasteiger partial charge is 0.316 e. The summed E-state index contributed by atoms with van der Waals surface area (Å²) < 4.78 is 25.7. The van der Waals surface area contributed by atoms with Crippen molar-refractivity contribution in [2.45, 2.75) is 124 Å². The van der Waals surface area contributed by atoms with Crippen molar-refractivity contribution in [3.63, 3.8) is 0 Å². The summed E-state index contributed by atoms with van der Waals surface area (Å²) in [6, 6.07) is 0.194. The fraction of sp³-hybridized carbons (Fsp3) is 1.00. The van der Waals surface area contributed by atoms with Gasteiger partial charge < -0.3 is 14.4 Å². The van der Waals surface area contributed by atoms with Crippen molar-refractivity contribution in [1.29, 1.82) is 0 Å². The summed E-state index contributed by atoms with van der Waals surface area (Å²) in [5.41, 5.74) is 0. The highest BCUT2D eigenvalue weighted by atomic mass is 31.2. The zero-order chi connectivity index (χ0) is 22.7. The van der Waals surface area contributed by atoms with Crippen molar-refractivity contribution in [2.75, 3.05) is 26.4 Å². The molecule has 0 bridgehead atoms. The van der Waals surface area contributed by atoms with Crippen LogP contribution in [0.25, 0.3) is 0 Å². The number of nitrogens with one attached hydrogen (secondary N) is 1. The Morgan fingerprint density at radius 2 is 1.13 bits per heavy atom. The predicted molar refractivity (Wildman–Crippen MR) is 133 cm³/mol. The maximum atomic E-state index is 13.6. The minimum atomic E-state index is -3.08. The standard InChI is InChI=1S/C25H54NO3P/c1-7-12-15-23(10-4)18-20-28-30(27,22-25(26-6)17-14-9-3)29-21-19-24(11-5)16-13-8-2/h23-26H,7-22H2,1-6H3. The van der Waals surface area contributed by atoms with Crippen molar-refractivity contribution in [3.8, 4) is 0 Å². The zero-order valence-electron chi connectivity index (χ0n) is 21.2. The highest BCUT2D eigenvalue weighted by Crippen LogP contribution is 2.50. The van der Waals surface area contributed by atoms with Crippen molar-refractivity contribution in [3.05, 3.63) is 0 Å². The number of rotatable bonds is 22. The second kappa shape index (κ2) is 19.8. The molecule has 0 aromatic carbocycles. The maximum Gasteiger partial charge on any atom is 0.332 e. The minimum Gasteiger partial charge on any atom is -0.316 e. The number of hydrogen-bond donors (Lipinski definition) is 1. The number of unbranched alkanes of at least 4 members (excludes halogenated alkanes) is 3. The zero-order valence-corrected chi connectivity index (χ0v) is 22.1. The van der Waals surface area contributed by atoms with Crippen LogP contribution in [-0.4, -0.2) is 32.5 Å². The molecule has 30 heavy (non-hydrogen) atoms. The minimum absolute atomic E-state index is 0.194. The van der Waals surface area contributed by atoms with E-state index in [2.05, 4.69) is 39.9 Å². The largest absolute Gasteiger partial charge is 0.332 e. The van der Waals surface area contributed by atoms with E-state index >= 15 is 0 Å². The summed E-state index contributed by atoms with van der Waals surface area (Å²) in [5, 5.41) is 3.34. The molecule has 0 rings (SSSR count). The molecule has 5 heteroatoms. The highest BCUT2D eigenvalue weighted by molar-refractivity contribution is 7.53. The van der Waals surface area contributed by atoms with Gasteiger partial charge in [0, 0.05) is 6.04 Å². The molecular weight excluding hydrogens is 393 g/mol. The third-order valence-corrected chi connectivity index (χ3v) is 8.51. The van der Waals surface area contributed by atoms with Gasteiger partial charge in [-0.15, -0.1) is 0 Å². The van der Waals surface area contributed by atoms with Crippen molar-refractivity contribution >= 4 is 7.60 Å². The van der Waals surface area contributed by atoms with E-state index < -0.39 is 7.60 Å². The van der Waals surface area contributed by atoms with Gasteiger partial charge in [0.05, 0.1) is 19.4 Å². The average Bonchev–Trinajstić information content (AvgIpc) is 2.75. The highest BCUT2D eigenvalue weighted by Gasteiger charge is 2.29. The first-order valence-electron chi connectivity index (χ1n) is 13.0. The second-order valence-corrected chi connectivity index (χ2v) is 11.1. The summed E-state index contributed by atoms with van der Waals surface area (Å²) in [6.07, 6.45) is 15.6. The Morgan fingerprint density at radius 3 is 1.50 bits per heavy atom. The monoisotopic (exact) mass is 447 g/mol. The molecule has 4 nitrogen and oxygen atoms in total. The van der Waals surface area contributed by atoms with E-state index in [9.17, 15) is 4.57 Å². The van der Waals surface area contributed by atoms with Gasteiger partial charge in [-0.25, -0.2) is 0 Å². The van der Waals surface area contributed by atoms with Gasteiger partial charge in [-0.1, -0.05) is 98.8 Å². The Hall–Kier alpha value is 0.110. The van der Waals surface area contributed by atoms with Crippen LogP contribution < -0.4 is 5.32 Å². The normalized spacial score (nSPS) is 16.9. The van der Waals surface area contributed by atoms with Gasteiger partial charge in [0.15, 0.2) is 0 Å². The summed E-state index contributed by atoms with van der Waals surface area (Å²) >= 11 is 0. The SMILES string of the molecule is CCCCC(CC)CCOP(=O)(CC(CCCC)NC)OCCC(CC)CCCC. The summed E-state index contributed by atoms with van der Waals surface area (Å²) in [4.78, 5) is 0. The molecule has 0 aromatic rings. The first-order valence-corrected chi connectivity index (χ1v) is 14.8. The van der Waals surface area contributed by atoms with E-state index in [0.717, 1.165) is 32.1 Å². The van der Waals surface area contributed by atoms with E-state index in [-0.39, 0.29) is 6.04 Å². The van der Waals surface area contributed by atoms with Gasteiger partial charge in [0.2, 0.25) is 0 Å². The lowest BCUT2D eigenvalue weighted by molar-refractivity contribution is 0.177. The lowest BCUT2D eigenvalue weighted by Crippen LogP contribution is -2.30. The van der Waals surface area contributed by atoms with Crippen LogP contribution in [0, 0.1) is 11.8 Å². The number of hydrogen-bond acceptors (Lipinski definition) is 4. The molecule has 0 heterocycles. The van der Waals surface area contributed by atoms with Crippen LogP contribution in [0.4, 0.5) is 0 Å². The maximum absolute atomic E-state index is 13.6. The van der Waals surface area contributed by atoms with Crippen LogP contribution in [-0.2, 0) is 13.6 Å².